The van der Waals surface area contributed by atoms with Gasteiger partial charge in [0.1, 0.15) is 29.1 Å². The third kappa shape index (κ3) is 3.91. The zero-order valence-corrected chi connectivity index (χ0v) is 20.4. The molecule has 10 nitrogen and oxygen atoms in total. The second-order valence-electron chi connectivity index (χ2n) is 10.4. The van der Waals surface area contributed by atoms with E-state index in [2.05, 4.69) is 15.1 Å². The van der Waals surface area contributed by atoms with Crippen molar-refractivity contribution in [1.29, 1.82) is 0 Å². The Labute approximate surface area is 207 Å². The van der Waals surface area contributed by atoms with Crippen LogP contribution < -0.4 is 10.5 Å². The number of anilines is 1. The lowest BCUT2D eigenvalue weighted by molar-refractivity contribution is -0.180. The lowest BCUT2D eigenvalue weighted by Crippen LogP contribution is -2.63. The van der Waals surface area contributed by atoms with Crippen LogP contribution in [0.2, 0.25) is 0 Å². The van der Waals surface area contributed by atoms with Crippen LogP contribution in [0.5, 0.6) is 5.88 Å². The van der Waals surface area contributed by atoms with Crippen LogP contribution in [-0.2, 0) is 9.47 Å². The van der Waals surface area contributed by atoms with Gasteiger partial charge < -0.3 is 24.8 Å². The van der Waals surface area contributed by atoms with Gasteiger partial charge in [-0.3, -0.25) is 0 Å². The van der Waals surface area contributed by atoms with Gasteiger partial charge in [-0.25, -0.2) is 23.8 Å². The van der Waals surface area contributed by atoms with Crippen molar-refractivity contribution < 1.29 is 23.4 Å². The Kier molecular flexibility index (Phi) is 5.29. The molecule has 36 heavy (non-hydrogen) atoms. The normalized spacial score (nSPS) is 28.7. The lowest BCUT2D eigenvalue weighted by atomic mass is 9.77. The molecule has 2 bridgehead atoms. The van der Waals surface area contributed by atoms with Crippen LogP contribution >= 0.6 is 0 Å². The predicted octanol–water partition coefficient (Wildman–Crippen LogP) is 3.33. The quantitative estimate of drug-likeness (QED) is 0.547. The summed E-state index contributed by atoms with van der Waals surface area (Å²) in [7, 11) is 0. The maximum Gasteiger partial charge on any atom is 0.410 e. The highest BCUT2D eigenvalue weighted by atomic mass is 19.1. The molecule has 4 atom stereocenters. The molecule has 2 aliphatic heterocycles. The lowest BCUT2D eigenvalue weighted by Gasteiger charge is -2.51. The van der Waals surface area contributed by atoms with Gasteiger partial charge in [0, 0.05) is 30.6 Å². The Morgan fingerprint density at radius 2 is 1.92 bits per heavy atom. The molecule has 1 amide bonds. The van der Waals surface area contributed by atoms with Gasteiger partial charge in [-0.2, -0.15) is 5.10 Å². The molecule has 1 aliphatic carbocycles. The summed E-state index contributed by atoms with van der Waals surface area (Å²) < 4.78 is 34.4. The standard InChI is InChI=1S/C25H29FN6O4/c1-13-17-10-31(24(33)36-25(3)6-7-25)11-18(14(2)34-13)21(17)35-23-16-9-30-32(22(16)28-12-29-23)20-5-4-15(27)8-19(20)26/h4-5,8-9,12-14,17-18,21H,6-7,10-11,27H2,1-3H3. The number of ether oxygens (including phenoxy) is 3. The third-order valence-corrected chi connectivity index (χ3v) is 7.66. The van der Waals surface area contributed by atoms with Gasteiger partial charge in [0.2, 0.25) is 5.88 Å². The average molecular weight is 497 g/mol. The summed E-state index contributed by atoms with van der Waals surface area (Å²) in [5, 5.41) is 4.91. The zero-order valence-electron chi connectivity index (χ0n) is 20.4. The van der Waals surface area contributed by atoms with Gasteiger partial charge in [0.15, 0.2) is 11.5 Å². The van der Waals surface area contributed by atoms with Gasteiger partial charge in [-0.1, -0.05) is 0 Å². The van der Waals surface area contributed by atoms with Gasteiger partial charge in [0.25, 0.3) is 0 Å². The van der Waals surface area contributed by atoms with Crippen LogP contribution in [0, 0.1) is 17.7 Å². The molecule has 1 aromatic carbocycles. The fraction of sp³-hybridized carbons (Fsp3) is 0.520. The SMILES string of the molecule is CC1OC(C)C2CN(C(=O)OC3(C)CC3)CC1C2Oc1ncnc2c1cnn2-c1ccc(N)cc1F. The first kappa shape index (κ1) is 23.0. The molecule has 4 heterocycles. The highest BCUT2D eigenvalue weighted by molar-refractivity contribution is 5.81. The number of aromatic nitrogens is 4. The molecule has 6 rings (SSSR count). The van der Waals surface area contributed by atoms with Crippen molar-refractivity contribution in [1.82, 2.24) is 24.6 Å². The van der Waals surface area contributed by atoms with Gasteiger partial charge in [-0.15, -0.1) is 0 Å². The maximum atomic E-state index is 14.6. The number of piperidine rings is 1. The van der Waals surface area contributed by atoms with Crippen molar-refractivity contribution >= 4 is 22.8 Å². The molecule has 1 saturated carbocycles. The molecule has 2 aromatic heterocycles. The predicted molar refractivity (Wildman–Crippen MR) is 128 cm³/mol. The van der Waals surface area contributed by atoms with Crippen molar-refractivity contribution in [2.24, 2.45) is 11.8 Å². The van der Waals surface area contributed by atoms with E-state index in [4.69, 9.17) is 19.9 Å². The number of nitrogens with two attached hydrogens (primary N) is 1. The van der Waals surface area contributed by atoms with E-state index in [1.807, 2.05) is 20.8 Å². The number of nitrogen functional groups attached to an aromatic ring is 1. The van der Waals surface area contributed by atoms with Crippen molar-refractivity contribution in [2.45, 2.75) is 57.5 Å². The Morgan fingerprint density at radius 3 is 2.58 bits per heavy atom. The summed E-state index contributed by atoms with van der Waals surface area (Å²) in [4.78, 5) is 23.4. The molecule has 2 N–H and O–H groups in total. The summed E-state index contributed by atoms with van der Waals surface area (Å²) in [6.07, 6.45) is 3.99. The first-order valence-electron chi connectivity index (χ1n) is 12.3. The molecule has 11 heteroatoms. The van der Waals surface area contributed by atoms with E-state index in [0.717, 1.165) is 12.8 Å². The van der Waals surface area contributed by atoms with Crippen LogP contribution in [0.4, 0.5) is 14.9 Å². The highest BCUT2D eigenvalue weighted by Gasteiger charge is 2.51. The van der Waals surface area contributed by atoms with Crippen molar-refractivity contribution in [2.75, 3.05) is 18.8 Å². The van der Waals surface area contributed by atoms with Crippen LogP contribution in [0.15, 0.2) is 30.7 Å². The zero-order chi connectivity index (χ0) is 25.2. The smallest absolute Gasteiger partial charge is 0.410 e. The Bertz CT molecular complexity index is 1310. The van der Waals surface area contributed by atoms with Crippen molar-refractivity contribution in [3.8, 4) is 11.6 Å². The molecule has 190 valence electrons. The summed E-state index contributed by atoms with van der Waals surface area (Å²) in [5.74, 6) is -0.289. The molecule has 3 fully saturated rings. The first-order valence-corrected chi connectivity index (χ1v) is 12.3. The van der Waals surface area contributed by atoms with Crippen LogP contribution in [0.25, 0.3) is 16.7 Å². The van der Waals surface area contributed by atoms with Crippen LogP contribution in [0.1, 0.15) is 33.6 Å². The topological polar surface area (TPSA) is 118 Å². The molecular formula is C25H29FN6O4. The number of carbonyl (C=O) groups excluding carboxylic acids is 1. The molecular weight excluding hydrogens is 467 g/mol. The fourth-order valence-electron chi connectivity index (χ4n) is 5.27. The molecule has 0 spiro atoms. The van der Waals surface area contributed by atoms with Gasteiger partial charge in [-0.05, 0) is 51.8 Å². The molecule has 4 unspecified atom stereocenters. The van der Waals surface area contributed by atoms with Gasteiger partial charge in [0.05, 0.1) is 18.4 Å². The van der Waals surface area contributed by atoms with E-state index in [1.54, 1.807) is 23.2 Å². The Hall–Kier alpha value is -3.47. The third-order valence-electron chi connectivity index (χ3n) is 7.66. The van der Waals surface area contributed by atoms with Crippen molar-refractivity contribution in [3.05, 3.63) is 36.5 Å². The van der Waals surface area contributed by atoms with E-state index < -0.39 is 5.82 Å². The number of likely N-dealkylation sites (tertiary alicyclic amines) is 1. The Balaban J connectivity index is 1.29. The number of halogens is 1. The number of nitrogens with zero attached hydrogens (tertiary/aromatic N) is 5. The number of amides is 1. The van der Waals surface area contributed by atoms with E-state index >= 15 is 0 Å². The van der Waals surface area contributed by atoms with Crippen LogP contribution in [0.3, 0.4) is 0 Å². The van der Waals surface area contributed by atoms with Crippen molar-refractivity contribution in [3.63, 3.8) is 0 Å². The number of rotatable bonds is 4. The molecule has 3 aliphatic rings. The minimum Gasteiger partial charge on any atom is -0.473 e. The summed E-state index contributed by atoms with van der Waals surface area (Å²) in [6.45, 7) is 6.90. The number of hydrogen-bond acceptors (Lipinski definition) is 8. The fourth-order valence-corrected chi connectivity index (χ4v) is 5.27. The Morgan fingerprint density at radius 1 is 1.19 bits per heavy atom. The molecule has 3 aromatic rings. The number of hydrogen-bond donors (Lipinski definition) is 1. The highest BCUT2D eigenvalue weighted by Crippen LogP contribution is 2.42. The van der Waals surface area contributed by atoms with E-state index in [0.29, 0.717) is 35.7 Å². The molecule has 2 saturated heterocycles. The first-order chi connectivity index (χ1) is 17.2. The number of benzene rings is 1. The second kappa shape index (κ2) is 8.29. The van der Waals surface area contributed by atoms with E-state index in [-0.39, 0.29) is 47.5 Å². The summed E-state index contributed by atoms with van der Waals surface area (Å²) in [5.41, 5.74) is 6.34. The number of fused-ring (bicyclic) bond motifs is 3. The second-order valence-corrected chi connectivity index (χ2v) is 10.4. The minimum atomic E-state index is -0.505. The summed E-state index contributed by atoms with van der Waals surface area (Å²) >= 11 is 0. The number of carbonyl (C=O) groups is 1. The maximum absolute atomic E-state index is 14.6. The van der Waals surface area contributed by atoms with E-state index in [9.17, 15) is 9.18 Å². The van der Waals surface area contributed by atoms with Gasteiger partial charge >= 0.3 is 6.09 Å². The monoisotopic (exact) mass is 496 g/mol. The van der Waals surface area contributed by atoms with Crippen LogP contribution in [-0.4, -0.2) is 67.7 Å². The largest absolute Gasteiger partial charge is 0.473 e. The average Bonchev–Trinajstić information content (AvgIpc) is 3.39. The molecule has 0 radical (unpaired) electrons. The minimum absolute atomic E-state index is 0.0749. The van der Waals surface area contributed by atoms with E-state index in [1.165, 1.54) is 17.1 Å². The summed E-state index contributed by atoms with van der Waals surface area (Å²) in [6, 6.07) is 4.41.